The largest absolute Gasteiger partial charge is 0.362 e. The molecular formula is C15H14F2N2S. The van der Waals surface area contributed by atoms with E-state index in [1.54, 1.807) is 0 Å². The van der Waals surface area contributed by atoms with Gasteiger partial charge in [-0.15, -0.1) is 0 Å². The van der Waals surface area contributed by atoms with Gasteiger partial charge in [-0.05, 0) is 36.3 Å². The van der Waals surface area contributed by atoms with Crippen LogP contribution in [0.25, 0.3) is 0 Å². The van der Waals surface area contributed by atoms with Crippen LogP contribution in [-0.2, 0) is 6.42 Å². The molecule has 0 unspecified atom stereocenters. The van der Waals surface area contributed by atoms with Crippen LogP contribution in [0, 0.1) is 11.6 Å². The number of para-hydroxylation sites is 1. The molecule has 2 aromatic carbocycles. The maximum atomic E-state index is 13.4. The third-order valence-corrected chi connectivity index (χ3v) is 2.99. The normalized spacial score (nSPS) is 10.1. The molecular weight excluding hydrogens is 278 g/mol. The van der Waals surface area contributed by atoms with E-state index in [0.717, 1.165) is 6.42 Å². The standard InChI is InChI=1S/C15H14F2N2S/c16-12-7-4-8-13(17)14(12)19-15(20)18-10-9-11-5-2-1-3-6-11/h1-8H,9-10H2,(H2,18,19,20). The summed E-state index contributed by atoms with van der Waals surface area (Å²) < 4.78 is 26.8. The molecule has 20 heavy (non-hydrogen) atoms. The van der Waals surface area contributed by atoms with Gasteiger partial charge < -0.3 is 10.6 Å². The van der Waals surface area contributed by atoms with Crippen molar-refractivity contribution in [2.45, 2.75) is 6.42 Å². The van der Waals surface area contributed by atoms with Crippen LogP contribution in [-0.4, -0.2) is 11.7 Å². The summed E-state index contributed by atoms with van der Waals surface area (Å²) in [6.45, 7) is 0.589. The van der Waals surface area contributed by atoms with Gasteiger partial charge in [0, 0.05) is 6.54 Å². The number of hydrogen-bond acceptors (Lipinski definition) is 1. The predicted molar refractivity (Wildman–Crippen MR) is 80.7 cm³/mol. The van der Waals surface area contributed by atoms with Crippen LogP contribution in [0.5, 0.6) is 0 Å². The molecule has 0 saturated heterocycles. The van der Waals surface area contributed by atoms with Crippen molar-refractivity contribution in [3.63, 3.8) is 0 Å². The minimum absolute atomic E-state index is 0.199. The summed E-state index contributed by atoms with van der Waals surface area (Å²) in [5, 5.41) is 5.66. The van der Waals surface area contributed by atoms with Crippen molar-refractivity contribution in [2.75, 3.05) is 11.9 Å². The molecule has 0 aliphatic rings. The molecule has 0 saturated carbocycles. The molecule has 0 radical (unpaired) electrons. The van der Waals surface area contributed by atoms with Gasteiger partial charge in [-0.3, -0.25) is 0 Å². The van der Waals surface area contributed by atoms with Crippen molar-refractivity contribution in [3.05, 3.63) is 65.7 Å². The van der Waals surface area contributed by atoms with Gasteiger partial charge in [0.1, 0.15) is 17.3 Å². The fourth-order valence-electron chi connectivity index (χ4n) is 1.74. The van der Waals surface area contributed by atoms with E-state index in [4.69, 9.17) is 12.2 Å². The highest BCUT2D eigenvalue weighted by atomic mass is 32.1. The Hall–Kier alpha value is -2.01. The number of rotatable bonds is 4. The van der Waals surface area contributed by atoms with Crippen molar-refractivity contribution < 1.29 is 8.78 Å². The molecule has 104 valence electrons. The van der Waals surface area contributed by atoms with Crippen molar-refractivity contribution in [3.8, 4) is 0 Å². The summed E-state index contributed by atoms with van der Waals surface area (Å²) in [6.07, 6.45) is 0.780. The lowest BCUT2D eigenvalue weighted by atomic mass is 10.1. The smallest absolute Gasteiger partial charge is 0.170 e. The molecule has 0 amide bonds. The Morgan fingerprint density at radius 1 is 0.950 bits per heavy atom. The molecule has 0 heterocycles. The lowest BCUT2D eigenvalue weighted by molar-refractivity contribution is 0.591. The fourth-order valence-corrected chi connectivity index (χ4v) is 1.94. The van der Waals surface area contributed by atoms with Crippen molar-refractivity contribution in [1.82, 2.24) is 5.32 Å². The average Bonchev–Trinajstić information content (AvgIpc) is 2.44. The number of hydrogen-bond donors (Lipinski definition) is 2. The van der Waals surface area contributed by atoms with E-state index in [1.165, 1.54) is 23.8 Å². The summed E-state index contributed by atoms with van der Waals surface area (Å²) in [7, 11) is 0. The molecule has 2 aromatic rings. The number of nitrogens with one attached hydrogen (secondary N) is 2. The van der Waals surface area contributed by atoms with Crippen molar-refractivity contribution in [1.29, 1.82) is 0 Å². The van der Waals surface area contributed by atoms with Crippen LogP contribution in [0.15, 0.2) is 48.5 Å². The molecule has 0 fully saturated rings. The van der Waals surface area contributed by atoms with Crippen LogP contribution in [0.3, 0.4) is 0 Å². The summed E-state index contributed by atoms with van der Waals surface area (Å²) in [5.74, 6) is -1.34. The Kier molecular flexibility index (Phi) is 5.01. The monoisotopic (exact) mass is 292 g/mol. The van der Waals surface area contributed by atoms with E-state index < -0.39 is 11.6 Å². The highest BCUT2D eigenvalue weighted by molar-refractivity contribution is 7.80. The van der Waals surface area contributed by atoms with Gasteiger partial charge in [0.2, 0.25) is 0 Å². The lowest BCUT2D eigenvalue weighted by Gasteiger charge is -2.11. The lowest BCUT2D eigenvalue weighted by Crippen LogP contribution is -2.30. The Morgan fingerprint density at radius 2 is 1.60 bits per heavy atom. The van der Waals surface area contributed by atoms with E-state index in [2.05, 4.69) is 10.6 Å². The van der Waals surface area contributed by atoms with Crippen LogP contribution >= 0.6 is 12.2 Å². The topological polar surface area (TPSA) is 24.1 Å². The maximum absolute atomic E-state index is 13.4. The van der Waals surface area contributed by atoms with Gasteiger partial charge >= 0.3 is 0 Å². The Balaban J connectivity index is 1.84. The third-order valence-electron chi connectivity index (χ3n) is 2.74. The Bertz CT molecular complexity index is 567. The van der Waals surface area contributed by atoms with Crippen LogP contribution in [0.2, 0.25) is 0 Å². The van der Waals surface area contributed by atoms with E-state index in [1.807, 2.05) is 30.3 Å². The highest BCUT2D eigenvalue weighted by Crippen LogP contribution is 2.17. The summed E-state index contributed by atoms with van der Waals surface area (Å²) in [4.78, 5) is 0. The first-order chi connectivity index (χ1) is 9.66. The van der Waals surface area contributed by atoms with E-state index in [-0.39, 0.29) is 10.8 Å². The highest BCUT2D eigenvalue weighted by Gasteiger charge is 2.09. The van der Waals surface area contributed by atoms with Crippen LogP contribution < -0.4 is 10.6 Å². The first-order valence-corrected chi connectivity index (χ1v) is 6.60. The molecule has 0 atom stereocenters. The number of anilines is 1. The second-order valence-corrected chi connectivity index (χ2v) is 4.62. The zero-order chi connectivity index (χ0) is 14.4. The molecule has 0 bridgehead atoms. The molecule has 2 N–H and O–H groups in total. The summed E-state index contributed by atoms with van der Waals surface area (Å²) in [6, 6.07) is 13.5. The molecule has 5 heteroatoms. The number of halogens is 2. The van der Waals surface area contributed by atoms with Gasteiger partial charge in [-0.25, -0.2) is 8.78 Å². The van der Waals surface area contributed by atoms with Gasteiger partial charge in [0.05, 0.1) is 0 Å². The van der Waals surface area contributed by atoms with Gasteiger partial charge in [0.15, 0.2) is 5.11 Å². The second kappa shape index (κ2) is 6.96. The molecule has 0 spiro atoms. The van der Waals surface area contributed by atoms with Crippen LogP contribution in [0.4, 0.5) is 14.5 Å². The van der Waals surface area contributed by atoms with Gasteiger partial charge in [-0.2, -0.15) is 0 Å². The maximum Gasteiger partial charge on any atom is 0.170 e. The van der Waals surface area contributed by atoms with Gasteiger partial charge in [0.25, 0.3) is 0 Å². The molecule has 0 aromatic heterocycles. The number of benzene rings is 2. The number of thiocarbonyl (C=S) groups is 1. The average molecular weight is 292 g/mol. The molecule has 0 aliphatic heterocycles. The van der Waals surface area contributed by atoms with E-state index >= 15 is 0 Å². The Labute approximate surface area is 121 Å². The third kappa shape index (κ3) is 3.99. The van der Waals surface area contributed by atoms with Crippen LogP contribution in [0.1, 0.15) is 5.56 Å². The van der Waals surface area contributed by atoms with Crippen molar-refractivity contribution in [2.24, 2.45) is 0 Å². The van der Waals surface area contributed by atoms with E-state index in [9.17, 15) is 8.78 Å². The van der Waals surface area contributed by atoms with Gasteiger partial charge in [-0.1, -0.05) is 36.4 Å². The summed E-state index contributed by atoms with van der Waals surface area (Å²) >= 11 is 5.02. The second-order valence-electron chi connectivity index (χ2n) is 4.21. The summed E-state index contributed by atoms with van der Waals surface area (Å²) in [5.41, 5.74) is 0.935. The molecule has 0 aliphatic carbocycles. The minimum Gasteiger partial charge on any atom is -0.362 e. The SMILES string of the molecule is Fc1cccc(F)c1NC(=S)NCCc1ccccc1. The first-order valence-electron chi connectivity index (χ1n) is 6.19. The fraction of sp³-hybridized carbons (Fsp3) is 0.133. The van der Waals surface area contributed by atoms with Crippen molar-refractivity contribution >= 4 is 23.0 Å². The predicted octanol–water partition coefficient (Wildman–Crippen LogP) is 3.49. The minimum atomic E-state index is -0.669. The van der Waals surface area contributed by atoms with E-state index in [0.29, 0.717) is 6.54 Å². The molecule has 2 rings (SSSR count). The quantitative estimate of drug-likeness (QED) is 0.844. The molecule has 2 nitrogen and oxygen atoms in total. The zero-order valence-corrected chi connectivity index (χ0v) is 11.5. The first kappa shape index (κ1) is 14.4. The zero-order valence-electron chi connectivity index (χ0n) is 10.7. The Morgan fingerprint density at radius 3 is 2.25 bits per heavy atom.